The fourth-order valence-electron chi connectivity index (χ4n) is 1.51. The molecule has 1 unspecified atom stereocenters. The molecule has 1 N–H and O–H groups in total. The molecule has 2 rings (SSSR count). The maximum atomic E-state index is 9.20. The van der Waals surface area contributed by atoms with Crippen LogP contribution in [0.15, 0.2) is 28.8 Å². The van der Waals surface area contributed by atoms with Gasteiger partial charge in [0.25, 0.3) is 0 Å². The lowest BCUT2D eigenvalue weighted by molar-refractivity contribution is 0.181. The van der Waals surface area contributed by atoms with Crippen molar-refractivity contribution >= 4 is 11.6 Å². The molecule has 0 aliphatic heterocycles. The Morgan fingerprint density at radius 3 is 2.88 bits per heavy atom. The highest BCUT2D eigenvalue weighted by Crippen LogP contribution is 2.17. The first kappa shape index (κ1) is 12.1. The Labute approximate surface area is 104 Å². The standard InChI is InChI=1S/C12H13ClN2O2/c1-8(16)6-12-14-11(15-17-12)7-9-4-2-3-5-10(9)13/h2-5,8,16H,6-7H2,1H3. The van der Waals surface area contributed by atoms with E-state index in [1.54, 1.807) is 6.92 Å². The molecule has 4 nitrogen and oxygen atoms in total. The predicted octanol–water partition coefficient (Wildman–Crippen LogP) is 2.24. The highest BCUT2D eigenvalue weighted by molar-refractivity contribution is 6.31. The largest absolute Gasteiger partial charge is 0.393 e. The monoisotopic (exact) mass is 252 g/mol. The van der Waals surface area contributed by atoms with E-state index in [1.807, 2.05) is 24.3 Å². The number of aliphatic hydroxyl groups excluding tert-OH is 1. The fourth-order valence-corrected chi connectivity index (χ4v) is 1.71. The zero-order valence-electron chi connectivity index (χ0n) is 9.43. The first-order chi connectivity index (χ1) is 8.15. The van der Waals surface area contributed by atoms with Crippen LogP contribution in [0.1, 0.15) is 24.2 Å². The number of aromatic nitrogens is 2. The van der Waals surface area contributed by atoms with E-state index in [-0.39, 0.29) is 0 Å². The Morgan fingerprint density at radius 1 is 1.41 bits per heavy atom. The molecule has 1 aromatic heterocycles. The number of benzene rings is 1. The van der Waals surface area contributed by atoms with Crippen molar-refractivity contribution in [3.8, 4) is 0 Å². The molecule has 0 spiro atoms. The average molecular weight is 253 g/mol. The van der Waals surface area contributed by atoms with Crippen LogP contribution >= 0.6 is 11.6 Å². The summed E-state index contributed by atoms with van der Waals surface area (Å²) in [5.41, 5.74) is 0.957. The van der Waals surface area contributed by atoms with Crippen molar-refractivity contribution < 1.29 is 9.63 Å². The van der Waals surface area contributed by atoms with Crippen LogP contribution in [-0.4, -0.2) is 21.4 Å². The predicted molar refractivity (Wildman–Crippen MR) is 63.9 cm³/mol. The molecule has 90 valence electrons. The molecule has 1 heterocycles. The van der Waals surface area contributed by atoms with Crippen molar-refractivity contribution in [2.24, 2.45) is 0 Å². The van der Waals surface area contributed by atoms with E-state index in [0.717, 1.165) is 5.56 Å². The summed E-state index contributed by atoms with van der Waals surface area (Å²) in [4.78, 5) is 4.19. The molecule has 0 bridgehead atoms. The van der Waals surface area contributed by atoms with E-state index < -0.39 is 6.10 Å². The number of aliphatic hydroxyl groups is 1. The highest BCUT2D eigenvalue weighted by atomic mass is 35.5. The molecule has 0 radical (unpaired) electrons. The van der Waals surface area contributed by atoms with Gasteiger partial charge in [-0.2, -0.15) is 4.98 Å². The normalized spacial score (nSPS) is 12.6. The average Bonchev–Trinajstić information content (AvgIpc) is 2.68. The molecular weight excluding hydrogens is 240 g/mol. The van der Waals surface area contributed by atoms with Crippen molar-refractivity contribution in [2.45, 2.75) is 25.9 Å². The highest BCUT2D eigenvalue weighted by Gasteiger charge is 2.10. The summed E-state index contributed by atoms with van der Waals surface area (Å²) in [7, 11) is 0. The van der Waals surface area contributed by atoms with Crippen molar-refractivity contribution in [3.63, 3.8) is 0 Å². The topological polar surface area (TPSA) is 59.2 Å². The number of hydrogen-bond acceptors (Lipinski definition) is 4. The first-order valence-corrected chi connectivity index (χ1v) is 5.76. The summed E-state index contributed by atoms with van der Waals surface area (Å²) in [6.07, 6.45) is 0.419. The van der Waals surface area contributed by atoms with Crippen molar-refractivity contribution in [3.05, 3.63) is 46.6 Å². The van der Waals surface area contributed by atoms with Crippen LogP contribution in [0.5, 0.6) is 0 Å². The van der Waals surface area contributed by atoms with Gasteiger partial charge in [-0.15, -0.1) is 0 Å². The molecule has 1 aromatic carbocycles. The van der Waals surface area contributed by atoms with Gasteiger partial charge >= 0.3 is 0 Å². The third-order valence-corrected chi connectivity index (χ3v) is 2.66. The quantitative estimate of drug-likeness (QED) is 0.907. The van der Waals surface area contributed by atoms with Gasteiger partial charge in [0.2, 0.25) is 5.89 Å². The molecule has 0 aliphatic rings. The van der Waals surface area contributed by atoms with Crippen LogP contribution in [0.2, 0.25) is 5.02 Å². The minimum Gasteiger partial charge on any atom is -0.393 e. The summed E-state index contributed by atoms with van der Waals surface area (Å²) in [6.45, 7) is 1.68. The van der Waals surface area contributed by atoms with Gasteiger partial charge in [0.1, 0.15) is 0 Å². The maximum absolute atomic E-state index is 9.20. The Kier molecular flexibility index (Phi) is 3.76. The SMILES string of the molecule is CC(O)Cc1nc(Cc2ccccc2Cl)no1. The maximum Gasteiger partial charge on any atom is 0.229 e. The van der Waals surface area contributed by atoms with Crippen LogP contribution in [0.3, 0.4) is 0 Å². The number of hydrogen-bond donors (Lipinski definition) is 1. The van der Waals surface area contributed by atoms with E-state index in [1.165, 1.54) is 0 Å². The van der Waals surface area contributed by atoms with Crippen LogP contribution in [0, 0.1) is 0 Å². The molecule has 0 fully saturated rings. The van der Waals surface area contributed by atoms with Gasteiger partial charge < -0.3 is 9.63 Å². The van der Waals surface area contributed by atoms with E-state index in [0.29, 0.717) is 29.6 Å². The lowest BCUT2D eigenvalue weighted by atomic mass is 10.1. The van der Waals surface area contributed by atoms with Gasteiger partial charge in [-0.25, -0.2) is 0 Å². The van der Waals surface area contributed by atoms with Crippen molar-refractivity contribution in [1.82, 2.24) is 10.1 Å². The summed E-state index contributed by atoms with van der Waals surface area (Å²) in [6, 6.07) is 7.54. The molecule has 0 aliphatic carbocycles. The van der Waals surface area contributed by atoms with Crippen molar-refractivity contribution in [2.75, 3.05) is 0 Å². The smallest absolute Gasteiger partial charge is 0.229 e. The van der Waals surface area contributed by atoms with E-state index in [9.17, 15) is 5.11 Å². The zero-order chi connectivity index (χ0) is 12.3. The van der Waals surface area contributed by atoms with Crippen LogP contribution in [0.4, 0.5) is 0 Å². The second kappa shape index (κ2) is 5.29. The Bertz CT molecular complexity index is 497. The third-order valence-electron chi connectivity index (χ3n) is 2.29. The molecule has 1 atom stereocenters. The lowest BCUT2D eigenvalue weighted by Crippen LogP contribution is -2.04. The minimum atomic E-state index is -0.483. The summed E-state index contributed by atoms with van der Waals surface area (Å²) < 4.78 is 5.02. The second-order valence-corrected chi connectivity index (χ2v) is 4.33. The first-order valence-electron chi connectivity index (χ1n) is 5.38. The van der Waals surface area contributed by atoms with Gasteiger partial charge in [-0.1, -0.05) is 35.0 Å². The molecule has 17 heavy (non-hydrogen) atoms. The molecular formula is C12H13ClN2O2. The van der Waals surface area contributed by atoms with Gasteiger partial charge in [-0.05, 0) is 18.6 Å². The molecule has 5 heteroatoms. The van der Waals surface area contributed by atoms with Crippen molar-refractivity contribution in [1.29, 1.82) is 0 Å². The van der Waals surface area contributed by atoms with Crippen LogP contribution < -0.4 is 0 Å². The lowest BCUT2D eigenvalue weighted by Gasteiger charge is -1.99. The summed E-state index contributed by atoms with van der Waals surface area (Å²) in [5.74, 6) is 1.02. The molecule has 0 saturated heterocycles. The molecule has 0 amide bonds. The third kappa shape index (κ3) is 3.28. The second-order valence-electron chi connectivity index (χ2n) is 3.93. The molecule has 0 saturated carbocycles. The molecule has 2 aromatic rings. The number of nitrogens with zero attached hydrogens (tertiary/aromatic N) is 2. The Balaban J connectivity index is 2.09. The number of halogens is 1. The number of rotatable bonds is 4. The Hall–Kier alpha value is -1.39. The van der Waals surface area contributed by atoms with Gasteiger partial charge in [-0.3, -0.25) is 0 Å². The Morgan fingerprint density at radius 2 is 2.18 bits per heavy atom. The van der Waals surface area contributed by atoms with Gasteiger partial charge in [0, 0.05) is 11.4 Å². The van der Waals surface area contributed by atoms with E-state index >= 15 is 0 Å². The summed E-state index contributed by atoms with van der Waals surface area (Å²) >= 11 is 6.04. The van der Waals surface area contributed by atoms with E-state index in [4.69, 9.17) is 16.1 Å². The van der Waals surface area contributed by atoms with Gasteiger partial charge in [0.05, 0.1) is 12.5 Å². The van der Waals surface area contributed by atoms with E-state index in [2.05, 4.69) is 10.1 Å². The van der Waals surface area contributed by atoms with Crippen LogP contribution in [0.25, 0.3) is 0 Å². The fraction of sp³-hybridized carbons (Fsp3) is 0.333. The zero-order valence-corrected chi connectivity index (χ0v) is 10.2. The van der Waals surface area contributed by atoms with Gasteiger partial charge in [0.15, 0.2) is 5.82 Å². The summed E-state index contributed by atoms with van der Waals surface area (Å²) in [5, 5.41) is 13.7. The van der Waals surface area contributed by atoms with Crippen LogP contribution in [-0.2, 0) is 12.8 Å². The minimum absolute atomic E-state index is 0.371.